The summed E-state index contributed by atoms with van der Waals surface area (Å²) in [5, 5.41) is 23.9. The summed E-state index contributed by atoms with van der Waals surface area (Å²) in [6.45, 7) is -0.215. The summed E-state index contributed by atoms with van der Waals surface area (Å²) in [4.78, 5) is 45.7. The minimum atomic E-state index is -1.99. The molecular weight excluding hydrogens is 438 g/mol. The number of carboxylic acid groups (broad SMARTS) is 2. The van der Waals surface area contributed by atoms with E-state index in [1.165, 1.54) is 13.2 Å². The van der Waals surface area contributed by atoms with Gasteiger partial charge in [0.2, 0.25) is 5.78 Å². The molecule has 164 valence electrons. The minimum absolute atomic E-state index is 0.207. The number of carboxylic acids is 2. The third kappa shape index (κ3) is 5.10. The molecule has 0 aliphatic carbocycles. The van der Waals surface area contributed by atoms with Gasteiger partial charge >= 0.3 is 0 Å². The van der Waals surface area contributed by atoms with E-state index in [2.05, 4.69) is 0 Å². The van der Waals surface area contributed by atoms with E-state index in [9.17, 15) is 29.4 Å². The van der Waals surface area contributed by atoms with Crippen LogP contribution in [0.1, 0.15) is 20.0 Å². The van der Waals surface area contributed by atoms with Gasteiger partial charge in [-0.15, -0.1) is 11.3 Å². The zero-order chi connectivity index (χ0) is 23.3. The first-order valence-corrected chi connectivity index (χ1v) is 9.88. The van der Waals surface area contributed by atoms with E-state index in [-0.39, 0.29) is 23.0 Å². The number of ketones is 1. The number of para-hydroxylation sites is 1. The number of aromatic carboxylic acids is 1. The van der Waals surface area contributed by atoms with E-state index < -0.39 is 17.8 Å². The molecule has 0 aliphatic heterocycles. The average molecular weight is 453 g/mol. The summed E-state index contributed by atoms with van der Waals surface area (Å²) in [5.41, 5.74) is 0.767. The molecule has 0 spiro atoms. The zero-order valence-corrected chi connectivity index (χ0v) is 17.4. The van der Waals surface area contributed by atoms with E-state index in [4.69, 9.17) is 9.47 Å². The summed E-state index contributed by atoms with van der Waals surface area (Å²) in [6, 6.07) is 14.5. The molecule has 0 aliphatic rings. The van der Waals surface area contributed by atoms with Crippen LogP contribution < -0.4 is 25.0 Å². The fourth-order valence-corrected chi connectivity index (χ4v) is 3.72. The van der Waals surface area contributed by atoms with Crippen molar-refractivity contribution in [1.82, 2.24) is 0 Å². The predicted octanol–water partition coefficient (Wildman–Crippen LogP) is 0.737. The molecule has 1 amide bonds. The second-order valence-electron chi connectivity index (χ2n) is 6.32. The average Bonchev–Trinajstić information content (AvgIpc) is 3.21. The van der Waals surface area contributed by atoms with E-state index in [1.54, 1.807) is 48.5 Å². The van der Waals surface area contributed by atoms with Crippen LogP contribution in [0.2, 0.25) is 0 Å². The van der Waals surface area contributed by atoms with Gasteiger partial charge in [-0.2, -0.15) is 0 Å². The van der Waals surface area contributed by atoms with Crippen molar-refractivity contribution in [2.45, 2.75) is 0 Å². The fourth-order valence-electron chi connectivity index (χ4n) is 2.77. The Balaban J connectivity index is 1.73. The van der Waals surface area contributed by atoms with Crippen molar-refractivity contribution >= 4 is 40.7 Å². The van der Waals surface area contributed by atoms with E-state index in [0.29, 0.717) is 27.5 Å². The van der Waals surface area contributed by atoms with E-state index in [0.717, 1.165) is 11.3 Å². The number of anilines is 1. The zero-order valence-electron chi connectivity index (χ0n) is 16.6. The lowest BCUT2D eigenvalue weighted by Crippen LogP contribution is -2.36. The number of thiophene rings is 1. The van der Waals surface area contributed by atoms with Crippen molar-refractivity contribution in [3.63, 3.8) is 0 Å². The Hall–Kier alpha value is -4.18. The first kappa shape index (κ1) is 22.5. The molecule has 0 saturated carbocycles. The van der Waals surface area contributed by atoms with Crippen molar-refractivity contribution in [3.05, 3.63) is 65.0 Å². The maximum Gasteiger partial charge on any atom is 0.271 e. The van der Waals surface area contributed by atoms with Crippen LogP contribution in [-0.4, -0.2) is 37.3 Å². The van der Waals surface area contributed by atoms with Crippen LogP contribution in [-0.2, 0) is 9.59 Å². The molecule has 3 rings (SSSR count). The molecule has 9 nitrogen and oxygen atoms in total. The van der Waals surface area contributed by atoms with Crippen molar-refractivity contribution in [2.75, 3.05) is 19.0 Å². The number of benzene rings is 2. The Kier molecular flexibility index (Phi) is 6.86. The first-order valence-electron chi connectivity index (χ1n) is 9.07. The Morgan fingerprint density at radius 1 is 1.00 bits per heavy atom. The van der Waals surface area contributed by atoms with E-state index >= 15 is 0 Å². The highest BCUT2D eigenvalue weighted by Gasteiger charge is 2.15. The number of methoxy groups -OCH3 is 1. The molecule has 3 aromatic rings. The largest absolute Gasteiger partial charge is 0.544 e. The minimum Gasteiger partial charge on any atom is -0.544 e. The van der Waals surface area contributed by atoms with Gasteiger partial charge in [0, 0.05) is 4.88 Å². The topological polar surface area (TPSA) is 145 Å². The number of carbonyl (C=O) groups is 4. The Labute approximate surface area is 185 Å². The molecule has 0 radical (unpaired) electrons. The van der Waals surface area contributed by atoms with Gasteiger partial charge in [0.1, 0.15) is 17.5 Å². The summed E-state index contributed by atoms with van der Waals surface area (Å²) in [7, 11) is 1.47. The maximum atomic E-state index is 12.4. The second-order valence-corrected chi connectivity index (χ2v) is 7.37. The van der Waals surface area contributed by atoms with Crippen LogP contribution in [0, 0.1) is 0 Å². The van der Waals surface area contributed by atoms with Gasteiger partial charge in [-0.05, 0) is 48.0 Å². The van der Waals surface area contributed by atoms with Crippen molar-refractivity contribution in [3.8, 4) is 21.9 Å². The van der Waals surface area contributed by atoms with Crippen LogP contribution in [0.3, 0.4) is 0 Å². The van der Waals surface area contributed by atoms with Crippen LogP contribution in [0.5, 0.6) is 11.5 Å². The van der Waals surface area contributed by atoms with Crippen molar-refractivity contribution < 1.29 is 38.9 Å². The standard InChI is InChI=1S/C22H17NO8S/c1-30-17-5-3-2-4-14(17)16(24)11-31-13-8-6-12(7-9-13)18-10-15(19(32-18)21(26)27)23-20(25)22(28)29/h2-10H,11H2,1H3,(H,23,25)(H,26,27)(H,28,29)/p-2. The molecule has 0 unspecified atom stereocenters. The number of Topliss-reactive ketones (excluding diaryl/α,β-unsaturated/α-hetero) is 1. The molecule has 10 heteroatoms. The third-order valence-corrected chi connectivity index (χ3v) is 5.43. The van der Waals surface area contributed by atoms with Crippen LogP contribution >= 0.6 is 11.3 Å². The smallest absolute Gasteiger partial charge is 0.271 e. The highest BCUT2D eigenvalue weighted by molar-refractivity contribution is 7.18. The summed E-state index contributed by atoms with van der Waals surface area (Å²) in [5.74, 6) is -4.45. The lowest BCUT2D eigenvalue weighted by Gasteiger charge is -2.09. The van der Waals surface area contributed by atoms with Gasteiger partial charge in [0.25, 0.3) is 5.91 Å². The lowest BCUT2D eigenvalue weighted by molar-refractivity contribution is -0.299. The Morgan fingerprint density at radius 3 is 2.31 bits per heavy atom. The number of nitrogens with one attached hydrogen (secondary N) is 1. The second kappa shape index (κ2) is 9.75. The summed E-state index contributed by atoms with van der Waals surface area (Å²) >= 11 is 0.801. The van der Waals surface area contributed by atoms with Crippen LogP contribution in [0.25, 0.3) is 10.4 Å². The number of ether oxygens (including phenoxy) is 2. The van der Waals surface area contributed by atoms with Gasteiger partial charge in [-0.1, -0.05) is 12.1 Å². The quantitative estimate of drug-likeness (QED) is 0.388. The number of rotatable bonds is 8. The molecular formula is C22H15NO8S-2. The van der Waals surface area contributed by atoms with Gasteiger partial charge in [-0.3, -0.25) is 9.59 Å². The van der Waals surface area contributed by atoms with Crippen LogP contribution in [0.15, 0.2) is 54.6 Å². The Morgan fingerprint density at radius 2 is 1.69 bits per heavy atom. The maximum absolute atomic E-state index is 12.4. The lowest BCUT2D eigenvalue weighted by atomic mass is 10.1. The highest BCUT2D eigenvalue weighted by atomic mass is 32.1. The number of hydrogen-bond donors (Lipinski definition) is 1. The van der Waals surface area contributed by atoms with Gasteiger partial charge in [0.15, 0.2) is 6.61 Å². The molecule has 2 aromatic carbocycles. The van der Waals surface area contributed by atoms with Gasteiger partial charge < -0.3 is 34.6 Å². The molecule has 0 bridgehead atoms. The third-order valence-electron chi connectivity index (χ3n) is 4.27. The van der Waals surface area contributed by atoms with E-state index in [1.807, 2.05) is 5.32 Å². The monoisotopic (exact) mass is 453 g/mol. The van der Waals surface area contributed by atoms with Crippen molar-refractivity contribution in [1.29, 1.82) is 0 Å². The SMILES string of the molecule is COc1ccccc1C(=O)COc1ccc(-c2cc(NC(=O)C(=O)[O-])c(C(=O)[O-])s2)cc1. The molecule has 32 heavy (non-hydrogen) atoms. The molecule has 1 aromatic heterocycles. The fraction of sp³-hybridized carbons (Fsp3) is 0.0909. The Bertz CT molecular complexity index is 1180. The summed E-state index contributed by atoms with van der Waals surface area (Å²) in [6.07, 6.45) is 0. The van der Waals surface area contributed by atoms with Gasteiger partial charge in [0.05, 0.1) is 29.2 Å². The first-order chi connectivity index (χ1) is 15.3. The number of hydrogen-bond acceptors (Lipinski definition) is 9. The van der Waals surface area contributed by atoms with Crippen molar-refractivity contribution in [2.24, 2.45) is 0 Å². The molecule has 0 atom stereocenters. The molecule has 1 heterocycles. The number of amides is 1. The molecule has 1 N–H and O–H groups in total. The highest BCUT2D eigenvalue weighted by Crippen LogP contribution is 2.35. The van der Waals surface area contributed by atoms with Gasteiger partial charge in [-0.25, -0.2) is 0 Å². The number of carbonyl (C=O) groups excluding carboxylic acids is 4. The normalized spacial score (nSPS) is 10.3. The summed E-state index contributed by atoms with van der Waals surface area (Å²) < 4.78 is 10.7. The van der Waals surface area contributed by atoms with Crippen LogP contribution in [0.4, 0.5) is 5.69 Å². The number of aliphatic carboxylic acids is 1. The predicted molar refractivity (Wildman–Crippen MR) is 111 cm³/mol. The molecule has 0 saturated heterocycles. The molecule has 0 fully saturated rings.